The summed E-state index contributed by atoms with van der Waals surface area (Å²) in [4.78, 5) is 7.65. The molecule has 0 unspecified atom stereocenters. The van der Waals surface area contributed by atoms with Gasteiger partial charge in [0.05, 0.1) is 5.69 Å². The molecular weight excluding hydrogens is 266 g/mol. The second kappa shape index (κ2) is 4.42. The van der Waals surface area contributed by atoms with E-state index in [0.717, 1.165) is 24.5 Å². The summed E-state index contributed by atoms with van der Waals surface area (Å²) in [6.07, 6.45) is 0.979. The summed E-state index contributed by atoms with van der Waals surface area (Å²) < 4.78 is 0.529. The Labute approximate surface area is 121 Å². The summed E-state index contributed by atoms with van der Waals surface area (Å²) in [7, 11) is 0. The SMILES string of the molecule is S=c1nc2c(c(-c3cccc4ccccc34)[nH]1)CCN2. The zero-order valence-electron chi connectivity index (χ0n) is 10.8. The molecule has 3 nitrogen and oxygen atoms in total. The van der Waals surface area contributed by atoms with Crippen LogP contribution < -0.4 is 5.32 Å². The highest BCUT2D eigenvalue weighted by Gasteiger charge is 2.18. The largest absolute Gasteiger partial charge is 0.369 e. The van der Waals surface area contributed by atoms with Crippen molar-refractivity contribution in [2.45, 2.75) is 6.42 Å². The lowest BCUT2D eigenvalue weighted by Gasteiger charge is -2.10. The summed E-state index contributed by atoms with van der Waals surface area (Å²) in [6, 6.07) is 14.8. The molecule has 0 radical (unpaired) electrons. The molecule has 2 aromatic carbocycles. The molecule has 1 aromatic heterocycles. The van der Waals surface area contributed by atoms with Crippen molar-refractivity contribution in [1.29, 1.82) is 0 Å². The van der Waals surface area contributed by atoms with Crippen molar-refractivity contribution in [2.75, 3.05) is 11.9 Å². The van der Waals surface area contributed by atoms with Crippen LogP contribution in [0.1, 0.15) is 5.56 Å². The van der Waals surface area contributed by atoms with E-state index in [4.69, 9.17) is 12.2 Å². The van der Waals surface area contributed by atoms with Gasteiger partial charge >= 0.3 is 0 Å². The van der Waals surface area contributed by atoms with Crippen molar-refractivity contribution in [1.82, 2.24) is 9.97 Å². The maximum absolute atomic E-state index is 5.26. The topological polar surface area (TPSA) is 40.7 Å². The first-order chi connectivity index (χ1) is 9.83. The molecule has 4 heteroatoms. The van der Waals surface area contributed by atoms with E-state index in [9.17, 15) is 0 Å². The third-order valence-corrected chi connectivity index (χ3v) is 3.95. The number of aromatic amines is 1. The number of benzene rings is 2. The van der Waals surface area contributed by atoms with Gasteiger partial charge in [-0.25, -0.2) is 4.98 Å². The first-order valence-corrected chi connectivity index (χ1v) is 7.09. The Morgan fingerprint density at radius 1 is 1.05 bits per heavy atom. The van der Waals surface area contributed by atoms with Crippen molar-refractivity contribution >= 4 is 28.8 Å². The summed E-state index contributed by atoms with van der Waals surface area (Å²) >= 11 is 5.26. The van der Waals surface area contributed by atoms with Gasteiger partial charge in [-0.2, -0.15) is 0 Å². The Bertz CT molecular complexity index is 862. The molecular formula is C16H13N3S. The minimum Gasteiger partial charge on any atom is -0.369 e. The monoisotopic (exact) mass is 279 g/mol. The molecule has 0 fully saturated rings. The van der Waals surface area contributed by atoms with E-state index in [1.54, 1.807) is 0 Å². The number of nitrogens with zero attached hydrogens (tertiary/aromatic N) is 1. The first kappa shape index (κ1) is 11.6. The summed E-state index contributed by atoms with van der Waals surface area (Å²) in [6.45, 7) is 0.923. The molecule has 0 saturated heterocycles. The van der Waals surface area contributed by atoms with E-state index in [2.05, 4.69) is 57.7 Å². The third kappa shape index (κ3) is 1.72. The number of hydrogen-bond donors (Lipinski definition) is 2. The van der Waals surface area contributed by atoms with Crippen LogP contribution in [0.4, 0.5) is 5.82 Å². The van der Waals surface area contributed by atoms with Crippen LogP contribution in [0.5, 0.6) is 0 Å². The molecule has 0 bridgehead atoms. The Hall–Kier alpha value is -2.20. The fourth-order valence-corrected chi connectivity index (χ4v) is 3.06. The van der Waals surface area contributed by atoms with E-state index in [1.807, 2.05) is 0 Å². The first-order valence-electron chi connectivity index (χ1n) is 6.68. The predicted molar refractivity (Wildman–Crippen MR) is 84.6 cm³/mol. The zero-order valence-corrected chi connectivity index (χ0v) is 11.6. The molecule has 20 heavy (non-hydrogen) atoms. The molecule has 0 amide bonds. The number of rotatable bonds is 1. The molecule has 0 aliphatic carbocycles. The highest BCUT2D eigenvalue weighted by atomic mass is 32.1. The lowest BCUT2D eigenvalue weighted by atomic mass is 9.99. The number of fused-ring (bicyclic) bond motifs is 2. The maximum Gasteiger partial charge on any atom is 0.199 e. The van der Waals surface area contributed by atoms with Crippen LogP contribution in [0.15, 0.2) is 42.5 Å². The van der Waals surface area contributed by atoms with E-state index >= 15 is 0 Å². The normalized spacial score (nSPS) is 13.2. The van der Waals surface area contributed by atoms with E-state index < -0.39 is 0 Å². The Kier molecular flexibility index (Phi) is 2.57. The van der Waals surface area contributed by atoms with Gasteiger partial charge in [0.15, 0.2) is 4.77 Å². The van der Waals surface area contributed by atoms with Gasteiger partial charge in [0, 0.05) is 17.7 Å². The number of hydrogen-bond acceptors (Lipinski definition) is 3. The second-order valence-electron chi connectivity index (χ2n) is 4.95. The van der Waals surface area contributed by atoms with Crippen molar-refractivity contribution in [3.8, 4) is 11.3 Å². The van der Waals surface area contributed by atoms with Crippen molar-refractivity contribution in [2.24, 2.45) is 0 Å². The summed E-state index contributed by atoms with van der Waals surface area (Å²) in [5, 5.41) is 5.78. The van der Waals surface area contributed by atoms with Gasteiger partial charge in [0.1, 0.15) is 5.82 Å². The fraction of sp³-hybridized carbons (Fsp3) is 0.125. The molecule has 0 spiro atoms. The zero-order chi connectivity index (χ0) is 13.5. The van der Waals surface area contributed by atoms with E-state index in [-0.39, 0.29) is 0 Å². The molecule has 1 aliphatic rings. The minimum absolute atomic E-state index is 0.529. The molecule has 3 aromatic rings. The third-order valence-electron chi connectivity index (χ3n) is 3.76. The van der Waals surface area contributed by atoms with Gasteiger partial charge < -0.3 is 10.3 Å². The van der Waals surface area contributed by atoms with Crippen molar-refractivity contribution in [3.63, 3.8) is 0 Å². The van der Waals surface area contributed by atoms with Crippen LogP contribution in [0, 0.1) is 4.77 Å². The fourth-order valence-electron chi connectivity index (χ4n) is 2.87. The van der Waals surface area contributed by atoms with Gasteiger partial charge in [0.2, 0.25) is 0 Å². The van der Waals surface area contributed by atoms with Crippen LogP contribution in [0.3, 0.4) is 0 Å². The maximum atomic E-state index is 5.26. The van der Waals surface area contributed by atoms with E-state index in [1.165, 1.54) is 21.9 Å². The quantitative estimate of drug-likeness (QED) is 0.663. The Morgan fingerprint density at radius 2 is 1.90 bits per heavy atom. The van der Waals surface area contributed by atoms with Gasteiger partial charge in [-0.3, -0.25) is 0 Å². The molecule has 4 rings (SSSR count). The number of anilines is 1. The summed E-state index contributed by atoms with van der Waals surface area (Å²) in [5.41, 5.74) is 3.52. The lowest BCUT2D eigenvalue weighted by Crippen LogP contribution is -1.96. The number of aromatic nitrogens is 2. The average molecular weight is 279 g/mol. The highest BCUT2D eigenvalue weighted by molar-refractivity contribution is 7.71. The molecule has 0 atom stereocenters. The predicted octanol–water partition coefficient (Wildman–Crippen LogP) is 3.93. The Morgan fingerprint density at radius 3 is 2.85 bits per heavy atom. The standard InChI is InChI=1S/C16H13N3S/c20-16-18-14(13-8-9-17-15(13)19-16)12-7-3-5-10-4-1-2-6-11(10)12/h1-7H,8-9H2,(H2,17,18,19,20). The van der Waals surface area contributed by atoms with Crippen LogP contribution in [0.25, 0.3) is 22.0 Å². The molecule has 0 saturated carbocycles. The van der Waals surface area contributed by atoms with Crippen molar-refractivity contribution in [3.05, 3.63) is 52.8 Å². The van der Waals surface area contributed by atoms with E-state index in [0.29, 0.717) is 4.77 Å². The second-order valence-corrected chi connectivity index (χ2v) is 5.33. The number of H-pyrrole nitrogens is 1. The average Bonchev–Trinajstić information content (AvgIpc) is 2.94. The lowest BCUT2D eigenvalue weighted by molar-refractivity contribution is 1.09. The van der Waals surface area contributed by atoms with Crippen LogP contribution in [0.2, 0.25) is 0 Å². The summed E-state index contributed by atoms with van der Waals surface area (Å²) in [5.74, 6) is 0.927. The Balaban J connectivity index is 2.08. The van der Waals surface area contributed by atoms with Crippen molar-refractivity contribution < 1.29 is 0 Å². The van der Waals surface area contributed by atoms with Crippen LogP contribution in [-0.4, -0.2) is 16.5 Å². The van der Waals surface area contributed by atoms with Crippen LogP contribution in [-0.2, 0) is 6.42 Å². The van der Waals surface area contributed by atoms with Gasteiger partial charge in [0.25, 0.3) is 0 Å². The molecule has 1 aliphatic heterocycles. The molecule has 2 N–H and O–H groups in total. The van der Waals surface area contributed by atoms with Gasteiger partial charge in [-0.05, 0) is 29.4 Å². The number of nitrogens with one attached hydrogen (secondary N) is 2. The van der Waals surface area contributed by atoms with Gasteiger partial charge in [-0.15, -0.1) is 0 Å². The van der Waals surface area contributed by atoms with Gasteiger partial charge in [-0.1, -0.05) is 42.5 Å². The smallest absolute Gasteiger partial charge is 0.199 e. The molecule has 98 valence electrons. The minimum atomic E-state index is 0.529. The highest BCUT2D eigenvalue weighted by Crippen LogP contribution is 2.33. The molecule has 2 heterocycles. The van der Waals surface area contributed by atoms with Crippen LogP contribution >= 0.6 is 12.2 Å².